The van der Waals surface area contributed by atoms with Crippen LogP contribution in [0.2, 0.25) is 0 Å². The first-order valence-corrected chi connectivity index (χ1v) is 14.4. The molecule has 206 valence electrons. The van der Waals surface area contributed by atoms with Crippen LogP contribution in [0.4, 0.5) is 0 Å². The fourth-order valence-corrected chi connectivity index (χ4v) is 6.05. The lowest BCUT2D eigenvalue weighted by Crippen LogP contribution is -1.94. The van der Waals surface area contributed by atoms with E-state index in [2.05, 4.69) is 28.2 Å². The summed E-state index contributed by atoms with van der Waals surface area (Å²) in [7, 11) is 0. The highest BCUT2D eigenvalue weighted by Crippen LogP contribution is 2.42. The van der Waals surface area contributed by atoms with Crippen molar-refractivity contribution in [3.63, 3.8) is 0 Å². The minimum absolute atomic E-state index is 0.735. The lowest BCUT2D eigenvalue weighted by molar-refractivity contribution is 0.668. The SMILES string of the molecule is c1ccc(-c2cncc(-c3cc(-c4ccnc5c4oc4ccccc45)ccc3-c3ccnc4c3oc3ccccc34)n2)cc1. The molecule has 0 N–H and O–H groups in total. The second-order valence-corrected chi connectivity index (χ2v) is 10.7. The zero-order valence-corrected chi connectivity index (χ0v) is 23.3. The fraction of sp³-hybridized carbons (Fsp3) is 0. The minimum Gasteiger partial charge on any atom is -0.454 e. The van der Waals surface area contributed by atoms with E-state index in [9.17, 15) is 0 Å². The van der Waals surface area contributed by atoms with Crippen LogP contribution in [-0.2, 0) is 0 Å². The van der Waals surface area contributed by atoms with Gasteiger partial charge in [0.15, 0.2) is 11.2 Å². The van der Waals surface area contributed by atoms with Crippen LogP contribution in [0.15, 0.2) is 143 Å². The lowest BCUT2D eigenvalue weighted by atomic mass is 9.93. The highest BCUT2D eigenvalue weighted by Gasteiger charge is 2.20. The highest BCUT2D eigenvalue weighted by atomic mass is 16.3. The van der Waals surface area contributed by atoms with Crippen LogP contribution >= 0.6 is 0 Å². The molecule has 9 rings (SSSR count). The molecule has 6 heteroatoms. The molecule has 0 fully saturated rings. The van der Waals surface area contributed by atoms with Gasteiger partial charge in [0.2, 0.25) is 0 Å². The molecule has 5 heterocycles. The third-order valence-electron chi connectivity index (χ3n) is 8.12. The number of rotatable bonds is 4. The average molecular weight is 567 g/mol. The molecule has 5 aromatic heterocycles. The molecule has 0 radical (unpaired) electrons. The molecule has 0 saturated heterocycles. The van der Waals surface area contributed by atoms with Crippen molar-refractivity contribution in [1.82, 2.24) is 19.9 Å². The van der Waals surface area contributed by atoms with Crippen molar-refractivity contribution in [2.24, 2.45) is 0 Å². The van der Waals surface area contributed by atoms with Crippen LogP contribution < -0.4 is 0 Å². The van der Waals surface area contributed by atoms with Gasteiger partial charge in [0, 0.05) is 45.4 Å². The van der Waals surface area contributed by atoms with Crippen molar-refractivity contribution < 1.29 is 8.83 Å². The number of aromatic nitrogens is 4. The van der Waals surface area contributed by atoms with Crippen LogP contribution in [-0.4, -0.2) is 19.9 Å². The van der Waals surface area contributed by atoms with E-state index >= 15 is 0 Å². The zero-order valence-electron chi connectivity index (χ0n) is 23.3. The lowest BCUT2D eigenvalue weighted by Gasteiger charge is -2.13. The molecule has 0 saturated carbocycles. The maximum atomic E-state index is 6.41. The Bertz CT molecular complexity index is 2510. The highest BCUT2D eigenvalue weighted by molar-refractivity contribution is 6.10. The minimum atomic E-state index is 0.735. The van der Waals surface area contributed by atoms with Crippen molar-refractivity contribution >= 4 is 44.1 Å². The summed E-state index contributed by atoms with van der Waals surface area (Å²) in [6.07, 6.45) is 7.29. The van der Waals surface area contributed by atoms with Crippen molar-refractivity contribution in [3.8, 4) is 44.8 Å². The van der Waals surface area contributed by atoms with Crippen molar-refractivity contribution in [3.05, 3.63) is 134 Å². The second kappa shape index (κ2) is 9.71. The van der Waals surface area contributed by atoms with E-state index in [1.54, 1.807) is 6.20 Å². The molecular weight excluding hydrogens is 544 g/mol. The van der Waals surface area contributed by atoms with Gasteiger partial charge in [-0.15, -0.1) is 0 Å². The quantitative estimate of drug-likeness (QED) is 0.211. The Morgan fingerprint density at radius 1 is 0.455 bits per heavy atom. The number of para-hydroxylation sites is 2. The number of hydrogen-bond donors (Lipinski definition) is 0. The molecule has 0 aliphatic rings. The molecule has 0 spiro atoms. The van der Waals surface area contributed by atoms with Gasteiger partial charge in [0.25, 0.3) is 0 Å². The normalized spacial score (nSPS) is 11.6. The predicted molar refractivity (Wildman–Crippen MR) is 174 cm³/mol. The van der Waals surface area contributed by atoms with Gasteiger partial charge in [-0.25, -0.2) is 4.98 Å². The molecule has 0 aliphatic carbocycles. The van der Waals surface area contributed by atoms with Crippen molar-refractivity contribution in [2.75, 3.05) is 0 Å². The number of hydrogen-bond acceptors (Lipinski definition) is 6. The predicted octanol–water partition coefficient (Wildman–Crippen LogP) is 9.73. The standard InChI is InChI=1S/C38H22N4O2/c1-2-8-23(9-3-1)31-21-39-22-32(42-31)30-20-24(25-16-18-40-35-28-10-4-6-12-33(28)43-37(25)35)14-15-26(30)27-17-19-41-36-29-11-5-7-13-34(29)44-38(27)36/h1-22H. The van der Waals surface area contributed by atoms with Crippen molar-refractivity contribution in [2.45, 2.75) is 0 Å². The van der Waals surface area contributed by atoms with E-state index < -0.39 is 0 Å². The molecular formula is C38H22N4O2. The van der Waals surface area contributed by atoms with Gasteiger partial charge in [0.05, 0.1) is 23.8 Å². The first-order valence-electron chi connectivity index (χ1n) is 14.4. The largest absolute Gasteiger partial charge is 0.454 e. The first kappa shape index (κ1) is 24.5. The van der Waals surface area contributed by atoms with Gasteiger partial charge >= 0.3 is 0 Å². The number of nitrogens with zero attached hydrogens (tertiary/aromatic N) is 4. The third-order valence-corrected chi connectivity index (χ3v) is 8.12. The summed E-state index contributed by atoms with van der Waals surface area (Å²) >= 11 is 0. The van der Waals surface area contributed by atoms with Crippen LogP contribution in [0.5, 0.6) is 0 Å². The monoisotopic (exact) mass is 566 g/mol. The molecule has 44 heavy (non-hydrogen) atoms. The van der Waals surface area contributed by atoms with Gasteiger partial charge in [0.1, 0.15) is 22.2 Å². The van der Waals surface area contributed by atoms with Gasteiger partial charge in [-0.1, -0.05) is 66.7 Å². The van der Waals surface area contributed by atoms with Gasteiger partial charge in [-0.2, -0.15) is 0 Å². The van der Waals surface area contributed by atoms with Crippen LogP contribution in [0, 0.1) is 0 Å². The summed E-state index contributed by atoms with van der Waals surface area (Å²) < 4.78 is 12.8. The van der Waals surface area contributed by atoms with Gasteiger partial charge in [-0.3, -0.25) is 15.0 Å². The summed E-state index contributed by atoms with van der Waals surface area (Å²) in [5, 5.41) is 1.98. The maximum absolute atomic E-state index is 6.41. The second-order valence-electron chi connectivity index (χ2n) is 10.7. The van der Waals surface area contributed by atoms with Crippen LogP contribution in [0.3, 0.4) is 0 Å². The fourth-order valence-electron chi connectivity index (χ4n) is 6.05. The molecule has 6 nitrogen and oxygen atoms in total. The molecule has 9 aromatic rings. The molecule has 4 aromatic carbocycles. The molecule has 0 bridgehead atoms. The smallest absolute Gasteiger partial charge is 0.161 e. The topological polar surface area (TPSA) is 77.8 Å². The molecule has 0 aliphatic heterocycles. The summed E-state index contributed by atoms with van der Waals surface area (Å²) in [4.78, 5) is 19.1. The Morgan fingerprint density at radius 2 is 1.07 bits per heavy atom. The van der Waals surface area contributed by atoms with Crippen LogP contribution in [0.25, 0.3) is 88.9 Å². The summed E-state index contributed by atoms with van der Waals surface area (Å²) in [5.41, 5.74) is 12.1. The van der Waals surface area contributed by atoms with Gasteiger partial charge < -0.3 is 8.83 Å². The zero-order chi connectivity index (χ0) is 29.0. The number of furan rings is 2. The number of fused-ring (bicyclic) bond motifs is 6. The summed E-state index contributed by atoms with van der Waals surface area (Å²) in [5.74, 6) is 0. The van der Waals surface area contributed by atoms with Gasteiger partial charge in [-0.05, 0) is 53.6 Å². The molecule has 0 atom stereocenters. The molecule has 0 unspecified atom stereocenters. The van der Waals surface area contributed by atoms with E-state index in [0.29, 0.717) is 0 Å². The Kier molecular flexibility index (Phi) is 5.40. The van der Waals surface area contributed by atoms with E-state index in [1.807, 2.05) is 110 Å². The first-order chi connectivity index (χ1) is 21.8. The maximum Gasteiger partial charge on any atom is 0.161 e. The molecule has 0 amide bonds. The van der Waals surface area contributed by atoms with E-state index in [1.165, 1.54) is 0 Å². The van der Waals surface area contributed by atoms with E-state index in [0.717, 1.165) is 88.9 Å². The average Bonchev–Trinajstić information content (AvgIpc) is 3.67. The Hall–Kier alpha value is -6.14. The Labute approximate surface area is 251 Å². The van der Waals surface area contributed by atoms with E-state index in [4.69, 9.17) is 18.8 Å². The number of benzene rings is 4. The van der Waals surface area contributed by atoms with Crippen LogP contribution in [0.1, 0.15) is 0 Å². The number of pyridine rings is 2. The summed E-state index contributed by atoms with van der Waals surface area (Å²) in [6, 6.07) is 36.5. The van der Waals surface area contributed by atoms with Crippen molar-refractivity contribution in [1.29, 1.82) is 0 Å². The Morgan fingerprint density at radius 3 is 1.80 bits per heavy atom. The Balaban J connectivity index is 1.31. The van der Waals surface area contributed by atoms with E-state index in [-0.39, 0.29) is 0 Å². The third kappa shape index (κ3) is 3.82. The summed E-state index contributed by atoms with van der Waals surface area (Å²) in [6.45, 7) is 0.